The molecule has 21 heteroatoms. The normalized spacial score (nSPS) is 11.2. The number of hydrogen-bond acceptors (Lipinski definition) is 19. The summed E-state index contributed by atoms with van der Waals surface area (Å²) in [5.74, 6) is 6.45. The molecule has 96 heavy (non-hydrogen) atoms. The van der Waals surface area contributed by atoms with E-state index in [1.807, 2.05) is 129 Å². The molecule has 496 valence electrons. The molecule has 18 nitrogen and oxygen atoms in total. The smallest absolute Gasteiger partial charge is 0.199 e. The Morgan fingerprint density at radius 1 is 0.333 bits per heavy atom. The molecule has 0 aliphatic carbocycles. The van der Waals surface area contributed by atoms with Crippen LogP contribution in [0, 0.1) is 0 Å². The van der Waals surface area contributed by atoms with E-state index >= 15 is 0 Å². The van der Waals surface area contributed by atoms with Gasteiger partial charge in [0.1, 0.15) is 27.9 Å². The number of para-hydroxylation sites is 5. The van der Waals surface area contributed by atoms with Gasteiger partial charge in [0, 0.05) is 72.4 Å². The van der Waals surface area contributed by atoms with E-state index in [4.69, 9.17) is 13.3 Å². The molecular formula is C75H85N15O3S3. The number of thiazole rings is 3. The zero-order valence-corrected chi connectivity index (χ0v) is 59.9. The van der Waals surface area contributed by atoms with Gasteiger partial charge in [0.2, 0.25) is 0 Å². The third-order valence-corrected chi connectivity index (χ3v) is 18.0. The summed E-state index contributed by atoms with van der Waals surface area (Å²) < 4.78 is 20.1. The third kappa shape index (κ3) is 19.3. The molecule has 0 aliphatic rings. The Balaban J connectivity index is 0.000000129. The second-order valence-electron chi connectivity index (χ2n) is 24.9. The second kappa shape index (κ2) is 33.7. The highest BCUT2D eigenvalue weighted by Gasteiger charge is 2.13. The topological polar surface area (TPSA) is 228 Å². The van der Waals surface area contributed by atoms with Crippen molar-refractivity contribution in [2.24, 2.45) is 0 Å². The van der Waals surface area contributed by atoms with Crippen LogP contribution in [0.2, 0.25) is 0 Å². The molecule has 0 saturated carbocycles. The number of nitrogens with one attached hydrogen (secondary N) is 1. The van der Waals surface area contributed by atoms with Crippen LogP contribution in [0.3, 0.4) is 0 Å². The van der Waals surface area contributed by atoms with Crippen LogP contribution in [0.1, 0.15) is 197 Å². The number of hydrogen-bond donors (Lipinski definition) is 1. The van der Waals surface area contributed by atoms with Crippen LogP contribution in [0.5, 0.6) is 0 Å². The van der Waals surface area contributed by atoms with Crippen molar-refractivity contribution in [3.8, 4) is 0 Å². The van der Waals surface area contributed by atoms with Crippen molar-refractivity contribution in [1.82, 2.24) is 74.8 Å². The fourth-order valence-corrected chi connectivity index (χ4v) is 11.6. The molecule has 4 aromatic carbocycles. The Morgan fingerprint density at radius 3 is 1.32 bits per heavy atom. The predicted octanol–water partition coefficient (Wildman–Crippen LogP) is 21.4. The summed E-state index contributed by atoms with van der Waals surface area (Å²) in [5, 5.41) is 12.2. The van der Waals surface area contributed by atoms with Crippen LogP contribution in [-0.4, -0.2) is 74.8 Å². The van der Waals surface area contributed by atoms with E-state index in [0.29, 0.717) is 53.1 Å². The number of benzene rings is 4. The van der Waals surface area contributed by atoms with Crippen LogP contribution < -0.4 is 0 Å². The van der Waals surface area contributed by atoms with E-state index in [1.54, 1.807) is 69.8 Å². The maximum atomic E-state index is 5.52. The summed E-state index contributed by atoms with van der Waals surface area (Å²) in [7, 11) is 0. The first kappa shape index (κ1) is 70.7. The first-order chi connectivity index (χ1) is 46.2. The molecule has 0 bridgehead atoms. The number of nitrogens with zero attached hydrogens (tertiary/aromatic N) is 14. The molecule has 0 radical (unpaired) electrons. The summed E-state index contributed by atoms with van der Waals surface area (Å²) in [6, 6.07) is 44.0. The van der Waals surface area contributed by atoms with E-state index < -0.39 is 0 Å². The maximum Gasteiger partial charge on any atom is 0.199 e. The maximum absolute atomic E-state index is 5.52. The largest absolute Gasteiger partial charge is 0.440 e. The number of aromatic nitrogens is 15. The lowest BCUT2D eigenvalue weighted by Gasteiger charge is -1.99. The minimum atomic E-state index is 0.319. The molecule has 16 rings (SSSR count). The summed E-state index contributed by atoms with van der Waals surface area (Å²) in [5.41, 5.74) is 12.1. The standard InChI is InChI=1S/C10H12N2.C10H11NO.C10H11NS.C9H11N3.2C9H10N2O.2C9H10N2S/c3*1-7(2)10-11-8-5-3-4-6-9(8)12-10;1-7(2)12-10-8-5-3-4-6-9(8)11-12;1-6(2)9-11-7-3-4-10-5-8(7)12-9;1-6(2)9-11-8-7(12-9)4-3-5-10-8;1-6(2)9-11-7-3-4-10-5-8(7)12-9;1-6(2)9-11-8-7(12-9)4-3-5-10-8/h3-7H,1-2H3,(H,11,12);3*3-7H,1-2H3;4*3-6H,1-2H3. The quantitative estimate of drug-likeness (QED) is 0.149. The molecule has 12 heterocycles. The monoisotopic (exact) mass is 1340 g/mol. The van der Waals surface area contributed by atoms with Gasteiger partial charge in [-0.3, -0.25) is 9.97 Å². The summed E-state index contributed by atoms with van der Waals surface area (Å²) in [4.78, 5) is 52.1. The molecule has 0 atom stereocenters. The molecule has 16 aromatic rings. The van der Waals surface area contributed by atoms with Crippen molar-refractivity contribution >= 4 is 120 Å². The highest BCUT2D eigenvalue weighted by atomic mass is 32.1. The fraction of sp³-hybridized carbons (Fsp3) is 0.320. The number of fused-ring (bicyclic) bond motifs is 8. The van der Waals surface area contributed by atoms with Gasteiger partial charge in [-0.15, -0.1) is 34.0 Å². The van der Waals surface area contributed by atoms with Crippen molar-refractivity contribution in [3.63, 3.8) is 0 Å². The van der Waals surface area contributed by atoms with Gasteiger partial charge < -0.3 is 18.2 Å². The zero-order valence-electron chi connectivity index (χ0n) is 57.5. The molecule has 0 fully saturated rings. The van der Waals surface area contributed by atoms with E-state index in [9.17, 15) is 0 Å². The minimum Gasteiger partial charge on any atom is -0.440 e. The highest BCUT2D eigenvalue weighted by molar-refractivity contribution is 7.19. The molecule has 0 amide bonds. The van der Waals surface area contributed by atoms with Crippen molar-refractivity contribution < 1.29 is 13.3 Å². The molecule has 0 aliphatic heterocycles. The van der Waals surface area contributed by atoms with Gasteiger partial charge in [-0.2, -0.15) is 20.0 Å². The lowest BCUT2D eigenvalue weighted by atomic mass is 10.2. The van der Waals surface area contributed by atoms with E-state index in [2.05, 4.69) is 191 Å². The molecule has 0 saturated heterocycles. The zero-order chi connectivity index (χ0) is 68.4. The molecule has 12 aromatic heterocycles. The Morgan fingerprint density at radius 2 is 0.781 bits per heavy atom. The molecule has 0 spiro atoms. The Hall–Kier alpha value is -9.57. The van der Waals surface area contributed by atoms with E-state index in [1.165, 1.54) is 29.1 Å². The van der Waals surface area contributed by atoms with Crippen molar-refractivity contribution in [2.75, 3.05) is 0 Å². The number of H-pyrrole nitrogens is 1. The van der Waals surface area contributed by atoms with Gasteiger partial charge in [0.15, 0.2) is 45.7 Å². The number of rotatable bonds is 8. The molecular weight excluding hydrogens is 1260 g/mol. The van der Waals surface area contributed by atoms with Gasteiger partial charge in [-0.25, -0.2) is 39.9 Å². The lowest BCUT2D eigenvalue weighted by molar-refractivity contribution is 0.472. The average Bonchev–Trinajstić information content (AvgIpc) is 2.18. The SMILES string of the molecule is CC(C)c1nc2ccccc2[nH]1.CC(C)c1nc2ccccc2o1.CC(C)c1nc2ccccc2s1.CC(C)c1nc2ccncc2o1.CC(C)c1nc2ccncc2s1.CC(C)c1nc2ncccc2o1.CC(C)c1nc2ncccc2s1.CC(C)n1nc2ccccc2n1. The van der Waals surface area contributed by atoms with Gasteiger partial charge in [0.25, 0.3) is 0 Å². The third-order valence-electron chi connectivity index (χ3n) is 14.1. The fourth-order valence-electron chi connectivity index (χ4n) is 8.78. The van der Waals surface area contributed by atoms with E-state index in [0.717, 1.165) is 90.0 Å². The first-order valence-corrected chi connectivity index (χ1v) is 34.9. The lowest BCUT2D eigenvalue weighted by Crippen LogP contribution is -2.03. The highest BCUT2D eigenvalue weighted by Crippen LogP contribution is 2.29. The number of aromatic amines is 1. The van der Waals surface area contributed by atoms with Crippen LogP contribution in [0.25, 0.3) is 86.3 Å². The van der Waals surface area contributed by atoms with Crippen LogP contribution >= 0.6 is 34.0 Å². The van der Waals surface area contributed by atoms with Crippen molar-refractivity contribution in [2.45, 2.75) is 158 Å². The van der Waals surface area contributed by atoms with Crippen LogP contribution in [0.4, 0.5) is 0 Å². The molecule has 1 N–H and O–H groups in total. The van der Waals surface area contributed by atoms with Crippen molar-refractivity contribution in [1.29, 1.82) is 0 Å². The molecule has 0 unspecified atom stereocenters. The predicted molar refractivity (Wildman–Crippen MR) is 395 cm³/mol. The summed E-state index contributed by atoms with van der Waals surface area (Å²) in [6.45, 7) is 33.7. The Kier molecular flexibility index (Phi) is 24.8. The Bertz CT molecular complexity index is 3810. The average molecular weight is 1340 g/mol. The summed E-state index contributed by atoms with van der Waals surface area (Å²) >= 11 is 5.26. The first-order valence-electron chi connectivity index (χ1n) is 32.5. The minimum absolute atomic E-state index is 0.319. The number of pyridine rings is 4. The van der Waals surface area contributed by atoms with Gasteiger partial charge >= 0.3 is 0 Å². The number of imidazole rings is 1. The number of oxazole rings is 3. The van der Waals surface area contributed by atoms with E-state index in [-0.39, 0.29) is 0 Å². The summed E-state index contributed by atoms with van der Waals surface area (Å²) in [6.07, 6.45) is 10.6. The van der Waals surface area contributed by atoms with Crippen molar-refractivity contribution in [3.05, 3.63) is 209 Å². The van der Waals surface area contributed by atoms with Gasteiger partial charge in [-0.05, 0) is 98.8 Å². The van der Waals surface area contributed by atoms with Crippen LogP contribution in [-0.2, 0) is 0 Å². The van der Waals surface area contributed by atoms with Gasteiger partial charge in [0.05, 0.1) is 63.4 Å². The van der Waals surface area contributed by atoms with Gasteiger partial charge in [-0.1, -0.05) is 145 Å². The van der Waals surface area contributed by atoms with Crippen LogP contribution in [0.15, 0.2) is 184 Å². The Labute approximate surface area is 572 Å². The second-order valence-corrected chi connectivity index (χ2v) is 28.1.